The van der Waals surface area contributed by atoms with Crippen molar-refractivity contribution < 1.29 is 22.7 Å². The normalized spacial score (nSPS) is 12.5. The maximum atomic E-state index is 12.9. The first-order valence-electron chi connectivity index (χ1n) is 8.46. The van der Waals surface area contributed by atoms with Gasteiger partial charge in [-0.25, -0.2) is 4.68 Å². The third-order valence-corrected chi connectivity index (χ3v) is 4.20. The largest absolute Gasteiger partial charge is 0.493 e. The Labute approximate surface area is 159 Å². The summed E-state index contributed by atoms with van der Waals surface area (Å²) in [5, 5.41) is 6.92. The molecule has 0 bridgehead atoms. The first-order chi connectivity index (χ1) is 13.3. The molecule has 0 saturated heterocycles. The highest BCUT2D eigenvalue weighted by atomic mass is 19.4. The van der Waals surface area contributed by atoms with Crippen LogP contribution in [0.2, 0.25) is 0 Å². The highest BCUT2D eigenvalue weighted by molar-refractivity contribution is 5.95. The van der Waals surface area contributed by atoms with Gasteiger partial charge in [0.1, 0.15) is 0 Å². The van der Waals surface area contributed by atoms with E-state index < -0.39 is 23.7 Å². The molecule has 1 unspecified atom stereocenters. The third kappa shape index (κ3) is 4.16. The molecule has 5 nitrogen and oxygen atoms in total. The minimum absolute atomic E-state index is 0.0465. The molecule has 0 aliphatic rings. The number of rotatable bonds is 5. The van der Waals surface area contributed by atoms with Crippen LogP contribution in [-0.2, 0) is 6.18 Å². The van der Waals surface area contributed by atoms with Gasteiger partial charge in [0.05, 0.1) is 30.6 Å². The molecular weight excluding hydrogens is 371 g/mol. The summed E-state index contributed by atoms with van der Waals surface area (Å²) in [6.07, 6.45) is -2.88. The molecule has 2 aromatic carbocycles. The lowest BCUT2D eigenvalue weighted by Crippen LogP contribution is -2.27. The Bertz CT molecular complexity index is 968. The fourth-order valence-electron chi connectivity index (χ4n) is 2.71. The number of hydrogen-bond donors (Lipinski definition) is 1. The van der Waals surface area contributed by atoms with Gasteiger partial charge in [0.15, 0.2) is 11.4 Å². The molecule has 146 valence electrons. The van der Waals surface area contributed by atoms with E-state index in [4.69, 9.17) is 4.74 Å². The predicted molar refractivity (Wildman–Crippen MR) is 97.4 cm³/mol. The van der Waals surface area contributed by atoms with E-state index >= 15 is 0 Å². The number of amides is 1. The van der Waals surface area contributed by atoms with Crippen LogP contribution in [0.4, 0.5) is 13.2 Å². The Balaban J connectivity index is 1.82. The van der Waals surface area contributed by atoms with Crippen LogP contribution in [0.1, 0.15) is 34.6 Å². The van der Waals surface area contributed by atoms with Crippen LogP contribution in [0.25, 0.3) is 5.69 Å². The van der Waals surface area contributed by atoms with E-state index in [1.807, 2.05) is 30.3 Å². The van der Waals surface area contributed by atoms with Gasteiger partial charge in [0.25, 0.3) is 5.91 Å². The lowest BCUT2D eigenvalue weighted by atomic mass is 10.0. The minimum atomic E-state index is -4.45. The van der Waals surface area contributed by atoms with E-state index in [1.165, 1.54) is 23.9 Å². The Hall–Kier alpha value is -3.29. The van der Waals surface area contributed by atoms with Crippen molar-refractivity contribution in [1.29, 1.82) is 0 Å². The van der Waals surface area contributed by atoms with E-state index in [-0.39, 0.29) is 11.4 Å². The number of hydrogen-bond acceptors (Lipinski definition) is 3. The smallest absolute Gasteiger partial charge is 0.416 e. The minimum Gasteiger partial charge on any atom is -0.493 e. The standard InChI is InChI=1S/C20H18F3N3O2/c1-13(14-7-6-8-15(11-14)20(21,22)23)24-19(27)18-17(28-2)12-26(25-18)16-9-4-3-5-10-16/h3-13H,1-2H3,(H,24,27). The van der Waals surface area contributed by atoms with Crippen molar-refractivity contribution in [3.63, 3.8) is 0 Å². The molecule has 0 aliphatic heterocycles. The summed E-state index contributed by atoms with van der Waals surface area (Å²) in [6.45, 7) is 1.61. The van der Waals surface area contributed by atoms with Crippen LogP contribution in [0, 0.1) is 0 Å². The van der Waals surface area contributed by atoms with E-state index in [0.29, 0.717) is 5.56 Å². The number of halogens is 3. The zero-order valence-electron chi connectivity index (χ0n) is 15.2. The molecule has 0 fully saturated rings. The number of para-hydroxylation sites is 1. The first-order valence-corrected chi connectivity index (χ1v) is 8.46. The monoisotopic (exact) mass is 389 g/mol. The molecule has 0 spiro atoms. The SMILES string of the molecule is COc1cn(-c2ccccc2)nc1C(=O)NC(C)c1cccc(C(F)(F)F)c1. The second-order valence-electron chi connectivity index (χ2n) is 6.14. The molecule has 3 rings (SSSR count). The lowest BCUT2D eigenvalue weighted by molar-refractivity contribution is -0.137. The first kappa shape index (κ1) is 19.5. The Morgan fingerprint density at radius 2 is 1.86 bits per heavy atom. The Morgan fingerprint density at radius 3 is 2.50 bits per heavy atom. The number of methoxy groups -OCH3 is 1. The second-order valence-corrected chi connectivity index (χ2v) is 6.14. The fourth-order valence-corrected chi connectivity index (χ4v) is 2.71. The number of benzene rings is 2. The van der Waals surface area contributed by atoms with Crippen molar-refractivity contribution in [2.45, 2.75) is 19.1 Å². The van der Waals surface area contributed by atoms with Gasteiger partial charge in [-0.2, -0.15) is 18.3 Å². The molecule has 3 aromatic rings. The summed E-state index contributed by atoms with van der Waals surface area (Å²) < 4.78 is 45.4. The van der Waals surface area contributed by atoms with Crippen molar-refractivity contribution in [3.05, 3.63) is 77.6 Å². The zero-order valence-corrected chi connectivity index (χ0v) is 15.2. The van der Waals surface area contributed by atoms with E-state index in [2.05, 4.69) is 10.4 Å². The molecular formula is C20H18F3N3O2. The van der Waals surface area contributed by atoms with Gasteiger partial charge in [-0.15, -0.1) is 0 Å². The summed E-state index contributed by atoms with van der Waals surface area (Å²) in [5.74, 6) is -0.283. The summed E-state index contributed by atoms with van der Waals surface area (Å²) in [7, 11) is 1.42. The molecule has 1 atom stereocenters. The number of ether oxygens (including phenoxy) is 1. The number of nitrogens with one attached hydrogen (secondary N) is 1. The number of carbonyl (C=O) groups is 1. The highest BCUT2D eigenvalue weighted by Crippen LogP contribution is 2.31. The molecule has 28 heavy (non-hydrogen) atoms. The molecule has 1 amide bonds. The van der Waals surface area contributed by atoms with Crippen molar-refractivity contribution in [2.75, 3.05) is 7.11 Å². The third-order valence-electron chi connectivity index (χ3n) is 4.20. The number of alkyl halides is 3. The van der Waals surface area contributed by atoms with Crippen molar-refractivity contribution in [2.24, 2.45) is 0 Å². The van der Waals surface area contributed by atoms with Gasteiger partial charge in [0.2, 0.25) is 0 Å². The predicted octanol–water partition coefficient (Wildman–Crippen LogP) is 4.39. The van der Waals surface area contributed by atoms with Gasteiger partial charge in [-0.05, 0) is 36.8 Å². The topological polar surface area (TPSA) is 56.2 Å². The maximum absolute atomic E-state index is 12.9. The second kappa shape index (κ2) is 7.75. The average molecular weight is 389 g/mol. The van der Waals surface area contributed by atoms with Gasteiger partial charge in [-0.3, -0.25) is 4.79 Å². The van der Waals surface area contributed by atoms with Crippen molar-refractivity contribution in [1.82, 2.24) is 15.1 Å². The summed E-state index contributed by atoms with van der Waals surface area (Å²) in [5.41, 5.74) is 0.359. The van der Waals surface area contributed by atoms with Gasteiger partial charge in [-0.1, -0.05) is 30.3 Å². The molecule has 0 saturated carbocycles. The average Bonchev–Trinajstić information content (AvgIpc) is 3.13. The van der Waals surface area contributed by atoms with Crippen LogP contribution in [0.5, 0.6) is 5.75 Å². The van der Waals surface area contributed by atoms with Crippen LogP contribution in [0.3, 0.4) is 0 Å². The summed E-state index contributed by atoms with van der Waals surface area (Å²) in [6, 6.07) is 13.4. The van der Waals surface area contributed by atoms with Gasteiger partial charge < -0.3 is 10.1 Å². The number of aromatic nitrogens is 2. The van der Waals surface area contributed by atoms with Crippen LogP contribution < -0.4 is 10.1 Å². The zero-order chi connectivity index (χ0) is 20.3. The van der Waals surface area contributed by atoms with E-state index in [0.717, 1.165) is 17.8 Å². The molecule has 0 radical (unpaired) electrons. The molecule has 1 aromatic heterocycles. The van der Waals surface area contributed by atoms with E-state index in [1.54, 1.807) is 13.1 Å². The molecule has 1 heterocycles. The molecule has 1 N–H and O–H groups in total. The summed E-state index contributed by atoms with van der Waals surface area (Å²) in [4.78, 5) is 12.6. The maximum Gasteiger partial charge on any atom is 0.416 e. The Morgan fingerprint density at radius 1 is 1.14 bits per heavy atom. The van der Waals surface area contributed by atoms with Crippen LogP contribution >= 0.6 is 0 Å². The highest BCUT2D eigenvalue weighted by Gasteiger charge is 2.31. The van der Waals surface area contributed by atoms with Gasteiger partial charge in [0, 0.05) is 0 Å². The Kier molecular flexibility index (Phi) is 5.39. The fraction of sp³-hybridized carbons (Fsp3) is 0.200. The lowest BCUT2D eigenvalue weighted by Gasteiger charge is -2.16. The summed E-state index contributed by atoms with van der Waals surface area (Å²) >= 11 is 0. The quantitative estimate of drug-likeness (QED) is 0.704. The van der Waals surface area contributed by atoms with Crippen LogP contribution in [0.15, 0.2) is 60.8 Å². The molecule has 8 heteroatoms. The van der Waals surface area contributed by atoms with Crippen molar-refractivity contribution in [3.8, 4) is 11.4 Å². The van der Waals surface area contributed by atoms with E-state index in [9.17, 15) is 18.0 Å². The molecule has 0 aliphatic carbocycles. The van der Waals surface area contributed by atoms with Crippen molar-refractivity contribution >= 4 is 5.91 Å². The number of nitrogens with zero attached hydrogens (tertiary/aromatic N) is 2. The van der Waals surface area contributed by atoms with Gasteiger partial charge >= 0.3 is 6.18 Å². The van der Waals surface area contributed by atoms with Crippen LogP contribution in [-0.4, -0.2) is 22.8 Å². The number of carbonyl (C=O) groups excluding carboxylic acids is 1.